The van der Waals surface area contributed by atoms with Crippen molar-refractivity contribution in [2.75, 3.05) is 44.3 Å². The van der Waals surface area contributed by atoms with Crippen LogP contribution in [0.2, 0.25) is 0 Å². The summed E-state index contributed by atoms with van der Waals surface area (Å²) in [5.74, 6) is 0.899. The Balaban J connectivity index is 1.80. The Morgan fingerprint density at radius 3 is 2.17 bits per heavy atom. The fourth-order valence-corrected chi connectivity index (χ4v) is 5.04. The van der Waals surface area contributed by atoms with Gasteiger partial charge >= 0.3 is 0 Å². The first-order valence-electron chi connectivity index (χ1n) is 10.1. The Labute approximate surface area is 174 Å². The summed E-state index contributed by atoms with van der Waals surface area (Å²) in [6.45, 7) is 10.9. The molecular formula is C22H30N2O4S. The first-order chi connectivity index (χ1) is 13.9. The van der Waals surface area contributed by atoms with Gasteiger partial charge in [-0.25, -0.2) is 8.42 Å². The summed E-state index contributed by atoms with van der Waals surface area (Å²) >= 11 is 0. The fourth-order valence-electron chi connectivity index (χ4n) is 3.47. The van der Waals surface area contributed by atoms with Gasteiger partial charge in [0.2, 0.25) is 10.0 Å². The lowest BCUT2D eigenvalue weighted by Crippen LogP contribution is -2.48. The predicted octanol–water partition coefficient (Wildman–Crippen LogP) is 3.61. The zero-order valence-corrected chi connectivity index (χ0v) is 18.5. The summed E-state index contributed by atoms with van der Waals surface area (Å²) in [4.78, 5) is 2.41. The summed E-state index contributed by atoms with van der Waals surface area (Å²) in [6.07, 6.45) is 0. The maximum Gasteiger partial charge on any atom is 0.247 e. The normalized spacial score (nSPS) is 15.4. The van der Waals surface area contributed by atoms with Crippen LogP contribution >= 0.6 is 0 Å². The number of benzene rings is 2. The second kappa shape index (κ2) is 9.05. The van der Waals surface area contributed by atoms with Crippen LogP contribution in [0.4, 0.5) is 5.69 Å². The second-order valence-electron chi connectivity index (χ2n) is 7.13. The van der Waals surface area contributed by atoms with E-state index in [1.165, 1.54) is 15.4 Å². The van der Waals surface area contributed by atoms with E-state index >= 15 is 0 Å². The lowest BCUT2D eigenvalue weighted by Gasteiger charge is -2.35. The van der Waals surface area contributed by atoms with Gasteiger partial charge in [0, 0.05) is 37.9 Å². The van der Waals surface area contributed by atoms with Crippen molar-refractivity contribution < 1.29 is 17.9 Å². The molecule has 2 aromatic carbocycles. The zero-order valence-electron chi connectivity index (χ0n) is 17.6. The number of ether oxygens (including phenoxy) is 2. The lowest BCUT2D eigenvalue weighted by molar-refractivity contribution is 0.319. The molecule has 0 N–H and O–H groups in total. The van der Waals surface area contributed by atoms with Crippen LogP contribution in [-0.2, 0) is 10.0 Å². The van der Waals surface area contributed by atoms with Crippen molar-refractivity contribution >= 4 is 15.7 Å². The van der Waals surface area contributed by atoms with Gasteiger partial charge in [-0.2, -0.15) is 4.31 Å². The molecule has 158 valence electrons. The molecule has 6 nitrogen and oxygen atoms in total. The summed E-state index contributed by atoms with van der Waals surface area (Å²) in [5, 5.41) is 0. The molecule has 7 heteroatoms. The van der Waals surface area contributed by atoms with E-state index in [-0.39, 0.29) is 4.90 Å². The monoisotopic (exact) mass is 418 g/mol. The van der Waals surface area contributed by atoms with Crippen LogP contribution < -0.4 is 14.4 Å². The van der Waals surface area contributed by atoms with Gasteiger partial charge in [-0.1, -0.05) is 6.07 Å². The summed E-state index contributed by atoms with van der Waals surface area (Å²) in [6, 6.07) is 11.4. The third kappa shape index (κ3) is 4.67. The van der Waals surface area contributed by atoms with Crippen molar-refractivity contribution in [1.82, 2.24) is 4.31 Å². The van der Waals surface area contributed by atoms with Crippen LogP contribution in [0.15, 0.2) is 41.3 Å². The van der Waals surface area contributed by atoms with Gasteiger partial charge < -0.3 is 14.4 Å². The van der Waals surface area contributed by atoms with Crippen LogP contribution in [-0.4, -0.2) is 52.1 Å². The van der Waals surface area contributed by atoms with Crippen LogP contribution in [0, 0.1) is 13.8 Å². The van der Waals surface area contributed by atoms with Crippen molar-refractivity contribution in [3.63, 3.8) is 0 Å². The van der Waals surface area contributed by atoms with Crippen LogP contribution in [0.5, 0.6) is 11.5 Å². The van der Waals surface area contributed by atoms with Crippen molar-refractivity contribution in [2.24, 2.45) is 0 Å². The quantitative estimate of drug-likeness (QED) is 0.687. The van der Waals surface area contributed by atoms with Gasteiger partial charge in [0.25, 0.3) is 0 Å². The molecule has 1 fully saturated rings. The maximum atomic E-state index is 13.4. The van der Waals surface area contributed by atoms with Gasteiger partial charge in [-0.05, 0) is 63.1 Å². The topological polar surface area (TPSA) is 59.1 Å². The molecule has 1 aliphatic rings. The van der Waals surface area contributed by atoms with Gasteiger partial charge in [-0.3, -0.25) is 0 Å². The van der Waals surface area contributed by atoms with E-state index in [2.05, 4.69) is 36.9 Å². The van der Waals surface area contributed by atoms with Crippen molar-refractivity contribution in [2.45, 2.75) is 32.6 Å². The highest BCUT2D eigenvalue weighted by Gasteiger charge is 2.31. The van der Waals surface area contributed by atoms with Crippen molar-refractivity contribution in [3.8, 4) is 11.5 Å². The first kappa shape index (κ1) is 21.5. The average molecular weight is 419 g/mol. The minimum atomic E-state index is -3.67. The molecular weight excluding hydrogens is 388 g/mol. The largest absolute Gasteiger partial charge is 0.494 e. The second-order valence-corrected chi connectivity index (χ2v) is 9.04. The van der Waals surface area contributed by atoms with E-state index in [0.717, 1.165) is 5.69 Å². The lowest BCUT2D eigenvalue weighted by atomic mass is 10.1. The molecule has 0 spiro atoms. The molecule has 0 atom stereocenters. The number of rotatable bonds is 7. The number of nitrogens with zero attached hydrogens (tertiary/aromatic N) is 2. The van der Waals surface area contributed by atoms with Gasteiger partial charge in [0.1, 0.15) is 16.4 Å². The minimum Gasteiger partial charge on any atom is -0.494 e. The molecule has 0 unspecified atom stereocenters. The molecule has 29 heavy (non-hydrogen) atoms. The summed E-state index contributed by atoms with van der Waals surface area (Å²) in [7, 11) is -3.67. The molecule has 0 aliphatic carbocycles. The third-order valence-corrected chi connectivity index (χ3v) is 7.16. The number of hydrogen-bond donors (Lipinski definition) is 0. The van der Waals surface area contributed by atoms with E-state index in [4.69, 9.17) is 9.47 Å². The minimum absolute atomic E-state index is 0.171. The highest BCUT2D eigenvalue weighted by molar-refractivity contribution is 7.89. The number of piperazine rings is 1. The van der Waals surface area contributed by atoms with Gasteiger partial charge in [0.15, 0.2) is 0 Å². The Morgan fingerprint density at radius 1 is 0.862 bits per heavy atom. The van der Waals surface area contributed by atoms with E-state index in [1.54, 1.807) is 18.2 Å². The Hall–Kier alpha value is -2.25. The molecule has 0 aromatic heterocycles. The molecule has 1 aliphatic heterocycles. The molecule has 0 saturated carbocycles. The van der Waals surface area contributed by atoms with Gasteiger partial charge in [0.05, 0.1) is 13.2 Å². The highest BCUT2D eigenvalue weighted by atomic mass is 32.2. The molecule has 3 rings (SSSR count). The Kier molecular flexibility index (Phi) is 6.70. The number of anilines is 1. The summed E-state index contributed by atoms with van der Waals surface area (Å²) < 4.78 is 39.3. The van der Waals surface area contributed by atoms with Crippen molar-refractivity contribution in [1.29, 1.82) is 0 Å². The maximum absolute atomic E-state index is 13.4. The van der Waals surface area contributed by atoms with E-state index in [9.17, 15) is 8.42 Å². The number of aryl methyl sites for hydroxylation is 2. The molecule has 0 amide bonds. The van der Waals surface area contributed by atoms with Crippen LogP contribution in [0.25, 0.3) is 0 Å². The predicted molar refractivity (Wildman–Crippen MR) is 116 cm³/mol. The number of sulfonamides is 1. The third-order valence-electron chi connectivity index (χ3n) is 5.24. The highest BCUT2D eigenvalue weighted by Crippen LogP contribution is 2.32. The van der Waals surface area contributed by atoms with E-state index in [0.29, 0.717) is 50.9 Å². The summed E-state index contributed by atoms with van der Waals surface area (Å²) in [5.41, 5.74) is 3.64. The zero-order chi connectivity index (χ0) is 21.0. The first-order valence-corrected chi connectivity index (χ1v) is 11.5. The Morgan fingerprint density at radius 2 is 1.55 bits per heavy atom. The molecule has 2 aromatic rings. The fraction of sp³-hybridized carbons (Fsp3) is 0.455. The smallest absolute Gasteiger partial charge is 0.247 e. The van der Waals surface area contributed by atoms with Gasteiger partial charge in [-0.15, -0.1) is 0 Å². The molecule has 0 radical (unpaired) electrons. The van der Waals surface area contributed by atoms with E-state index < -0.39 is 10.0 Å². The van der Waals surface area contributed by atoms with Crippen LogP contribution in [0.1, 0.15) is 25.0 Å². The Bertz CT molecular complexity index is 951. The number of hydrogen-bond acceptors (Lipinski definition) is 5. The standard InChI is InChI=1S/C22H30N2O4S/c1-5-27-20-9-10-21(28-6-2)22(16-20)29(25,26)24-13-11-23(12-14-24)19-8-7-17(3)18(4)15-19/h7-10,15-16H,5-6,11-14H2,1-4H3. The molecule has 0 bridgehead atoms. The van der Waals surface area contributed by atoms with Crippen LogP contribution in [0.3, 0.4) is 0 Å². The molecule has 1 heterocycles. The SMILES string of the molecule is CCOc1ccc(OCC)c(S(=O)(=O)N2CCN(c3ccc(C)c(C)c3)CC2)c1. The molecule has 1 saturated heterocycles. The van der Waals surface area contributed by atoms with Crippen molar-refractivity contribution in [3.05, 3.63) is 47.5 Å². The van der Waals surface area contributed by atoms with E-state index in [1.807, 2.05) is 13.8 Å². The average Bonchev–Trinajstić information content (AvgIpc) is 2.71.